The van der Waals surface area contributed by atoms with Crippen LogP contribution in [0.4, 0.5) is 0 Å². The van der Waals surface area contributed by atoms with E-state index in [1.54, 1.807) is 6.92 Å². The lowest BCUT2D eigenvalue weighted by atomic mass is 10.2. The van der Waals surface area contributed by atoms with Crippen LogP contribution in [0.25, 0.3) is 0 Å². The molecule has 2 N–H and O–H groups in total. The van der Waals surface area contributed by atoms with E-state index in [4.69, 9.17) is 4.74 Å². The molecular weight excluding hydrogens is 252 g/mol. The van der Waals surface area contributed by atoms with Gasteiger partial charge in [-0.3, -0.25) is 4.99 Å². The second-order valence-electron chi connectivity index (χ2n) is 4.26. The number of benzene rings is 1. The highest BCUT2D eigenvalue weighted by molar-refractivity contribution is 5.96. The lowest BCUT2D eigenvalue weighted by molar-refractivity contribution is 0.196. The number of aliphatic imine (C=N–C) groups is 1. The molecule has 0 heterocycles. The monoisotopic (exact) mass is 274 g/mol. The molecule has 0 radical (unpaired) electrons. The minimum Gasteiger partial charge on any atom is -0.503 e. The third-order valence-corrected chi connectivity index (χ3v) is 2.71. The van der Waals surface area contributed by atoms with E-state index in [9.17, 15) is 5.11 Å². The SMILES string of the molecule is C=C/C(OCc1ccccc1)=C(/O)C(C)=NCCNC. The summed E-state index contributed by atoms with van der Waals surface area (Å²) in [4.78, 5) is 4.26. The molecule has 0 atom stereocenters. The number of ether oxygens (including phenoxy) is 1. The van der Waals surface area contributed by atoms with E-state index < -0.39 is 0 Å². The maximum atomic E-state index is 10.1. The molecule has 0 aliphatic heterocycles. The van der Waals surface area contributed by atoms with Crippen LogP contribution in [0.3, 0.4) is 0 Å². The van der Waals surface area contributed by atoms with Gasteiger partial charge >= 0.3 is 0 Å². The van der Waals surface area contributed by atoms with Gasteiger partial charge in [-0.2, -0.15) is 0 Å². The van der Waals surface area contributed by atoms with Crippen LogP contribution in [0, 0.1) is 0 Å². The molecule has 0 saturated heterocycles. The number of aliphatic hydroxyl groups is 1. The maximum absolute atomic E-state index is 10.1. The van der Waals surface area contributed by atoms with E-state index in [0.717, 1.165) is 12.1 Å². The summed E-state index contributed by atoms with van der Waals surface area (Å²) in [5.74, 6) is 0.381. The molecule has 0 bridgehead atoms. The molecule has 1 aromatic rings. The highest BCUT2D eigenvalue weighted by atomic mass is 16.5. The van der Waals surface area contributed by atoms with Crippen LogP contribution in [0.1, 0.15) is 12.5 Å². The summed E-state index contributed by atoms with van der Waals surface area (Å²) in [5, 5.41) is 13.1. The van der Waals surface area contributed by atoms with E-state index in [1.165, 1.54) is 6.08 Å². The van der Waals surface area contributed by atoms with Crippen molar-refractivity contribution >= 4 is 5.71 Å². The van der Waals surface area contributed by atoms with Crippen LogP contribution < -0.4 is 5.32 Å². The van der Waals surface area contributed by atoms with Crippen molar-refractivity contribution in [1.29, 1.82) is 0 Å². The molecule has 1 rings (SSSR count). The summed E-state index contributed by atoms with van der Waals surface area (Å²) < 4.78 is 5.58. The Morgan fingerprint density at radius 1 is 1.40 bits per heavy atom. The first-order valence-corrected chi connectivity index (χ1v) is 6.57. The van der Waals surface area contributed by atoms with Gasteiger partial charge in [-0.1, -0.05) is 36.9 Å². The number of rotatable bonds is 8. The number of nitrogens with zero attached hydrogens (tertiary/aromatic N) is 1. The standard InChI is InChI=1S/C16H22N2O2/c1-4-15(16(19)13(2)18-11-10-17-3)20-12-14-8-6-5-7-9-14/h4-9,17,19H,1,10-12H2,2-3H3/b16-15-,18-13?. The molecule has 108 valence electrons. The van der Waals surface area contributed by atoms with Crippen molar-refractivity contribution < 1.29 is 9.84 Å². The summed E-state index contributed by atoms with van der Waals surface area (Å²) in [6.45, 7) is 7.17. The second kappa shape index (κ2) is 8.93. The van der Waals surface area contributed by atoms with Crippen molar-refractivity contribution in [3.8, 4) is 0 Å². The summed E-state index contributed by atoms with van der Waals surface area (Å²) in [6, 6.07) is 9.77. The van der Waals surface area contributed by atoms with Crippen molar-refractivity contribution in [3.05, 3.63) is 60.1 Å². The number of hydrogen-bond acceptors (Lipinski definition) is 4. The van der Waals surface area contributed by atoms with E-state index in [1.807, 2.05) is 37.4 Å². The van der Waals surface area contributed by atoms with Gasteiger partial charge in [0.2, 0.25) is 0 Å². The van der Waals surface area contributed by atoms with Gasteiger partial charge in [0.25, 0.3) is 0 Å². The lowest BCUT2D eigenvalue weighted by Gasteiger charge is -2.10. The van der Waals surface area contributed by atoms with Crippen molar-refractivity contribution in [3.63, 3.8) is 0 Å². The summed E-state index contributed by atoms with van der Waals surface area (Å²) in [7, 11) is 1.86. The van der Waals surface area contributed by atoms with Gasteiger partial charge in [0.05, 0.1) is 12.3 Å². The minimum atomic E-state index is 0.0343. The zero-order valence-electron chi connectivity index (χ0n) is 12.1. The Kier molecular flexibility index (Phi) is 7.14. The number of aliphatic hydroxyl groups excluding tert-OH is 1. The first-order chi connectivity index (χ1) is 9.69. The predicted octanol–water partition coefficient (Wildman–Crippen LogP) is 2.84. The van der Waals surface area contributed by atoms with Crippen LogP contribution in [0.15, 0.2) is 59.5 Å². The molecule has 20 heavy (non-hydrogen) atoms. The quantitative estimate of drug-likeness (QED) is 0.332. The molecule has 0 aromatic heterocycles. The third kappa shape index (κ3) is 5.28. The largest absolute Gasteiger partial charge is 0.503 e. The van der Waals surface area contributed by atoms with Crippen molar-refractivity contribution in [2.24, 2.45) is 4.99 Å². The number of nitrogens with one attached hydrogen (secondary N) is 1. The fraction of sp³-hybridized carbons (Fsp3) is 0.312. The van der Waals surface area contributed by atoms with E-state index in [2.05, 4.69) is 16.9 Å². The lowest BCUT2D eigenvalue weighted by Crippen LogP contribution is -2.12. The Bertz CT molecular complexity index is 479. The van der Waals surface area contributed by atoms with Gasteiger partial charge in [-0.15, -0.1) is 0 Å². The van der Waals surface area contributed by atoms with Gasteiger partial charge in [0.1, 0.15) is 6.61 Å². The molecule has 0 amide bonds. The summed E-state index contributed by atoms with van der Waals surface area (Å²) >= 11 is 0. The van der Waals surface area contributed by atoms with Crippen LogP contribution >= 0.6 is 0 Å². The van der Waals surface area contributed by atoms with Crippen molar-refractivity contribution in [1.82, 2.24) is 5.32 Å². The number of likely N-dealkylation sites (N-methyl/N-ethyl adjacent to an activating group) is 1. The van der Waals surface area contributed by atoms with Crippen LogP contribution in [-0.4, -0.2) is 31.0 Å². The second-order valence-corrected chi connectivity index (χ2v) is 4.26. The van der Waals surface area contributed by atoms with Gasteiger partial charge in [0.15, 0.2) is 11.5 Å². The van der Waals surface area contributed by atoms with Gasteiger partial charge in [0, 0.05) is 6.54 Å². The van der Waals surface area contributed by atoms with Crippen LogP contribution in [0.2, 0.25) is 0 Å². The molecule has 1 aromatic carbocycles. The average Bonchev–Trinajstić information content (AvgIpc) is 2.48. The molecule has 0 unspecified atom stereocenters. The molecule has 4 heteroatoms. The highest BCUT2D eigenvalue weighted by Crippen LogP contribution is 2.11. The Hall–Kier alpha value is -2.07. The first kappa shape index (κ1) is 16.0. The molecule has 0 aliphatic carbocycles. The van der Waals surface area contributed by atoms with Crippen LogP contribution in [-0.2, 0) is 11.3 Å². The highest BCUT2D eigenvalue weighted by Gasteiger charge is 2.07. The molecular formula is C16H22N2O2. The van der Waals surface area contributed by atoms with E-state index >= 15 is 0 Å². The molecule has 4 nitrogen and oxygen atoms in total. The average molecular weight is 274 g/mol. The third-order valence-electron chi connectivity index (χ3n) is 2.71. The summed E-state index contributed by atoms with van der Waals surface area (Å²) in [5.41, 5.74) is 1.58. The van der Waals surface area contributed by atoms with E-state index in [-0.39, 0.29) is 5.76 Å². The Morgan fingerprint density at radius 3 is 2.70 bits per heavy atom. The van der Waals surface area contributed by atoms with E-state index in [0.29, 0.717) is 24.6 Å². The predicted molar refractivity (Wildman–Crippen MR) is 83.0 cm³/mol. The molecule has 0 fully saturated rings. The number of allylic oxidation sites excluding steroid dienone is 2. The fourth-order valence-electron chi connectivity index (χ4n) is 1.55. The zero-order valence-corrected chi connectivity index (χ0v) is 12.1. The maximum Gasteiger partial charge on any atom is 0.178 e. The Balaban J connectivity index is 2.69. The van der Waals surface area contributed by atoms with Gasteiger partial charge < -0.3 is 15.2 Å². The fourth-order valence-corrected chi connectivity index (χ4v) is 1.55. The van der Waals surface area contributed by atoms with Crippen LogP contribution in [0.5, 0.6) is 0 Å². The Labute approximate surface area is 120 Å². The molecule has 0 aliphatic rings. The van der Waals surface area contributed by atoms with Crippen molar-refractivity contribution in [2.75, 3.05) is 20.1 Å². The van der Waals surface area contributed by atoms with Gasteiger partial charge in [-0.25, -0.2) is 0 Å². The van der Waals surface area contributed by atoms with Gasteiger partial charge in [-0.05, 0) is 25.6 Å². The van der Waals surface area contributed by atoms with Crippen molar-refractivity contribution in [2.45, 2.75) is 13.5 Å². The minimum absolute atomic E-state index is 0.0343. The zero-order chi connectivity index (χ0) is 14.8. The topological polar surface area (TPSA) is 53.9 Å². The Morgan fingerprint density at radius 2 is 2.10 bits per heavy atom. The smallest absolute Gasteiger partial charge is 0.178 e. The molecule has 0 spiro atoms. The summed E-state index contributed by atoms with van der Waals surface area (Å²) in [6.07, 6.45) is 1.50. The first-order valence-electron chi connectivity index (χ1n) is 6.57. The molecule has 0 saturated carbocycles. The normalized spacial score (nSPS) is 12.8. The number of hydrogen-bond donors (Lipinski definition) is 2.